The molecule has 126 valence electrons. The summed E-state index contributed by atoms with van der Waals surface area (Å²) in [6.07, 6.45) is 1.66. The van der Waals surface area contributed by atoms with Gasteiger partial charge < -0.3 is 18.9 Å². The molecule has 0 amide bonds. The lowest BCUT2D eigenvalue weighted by molar-refractivity contribution is -0.129. The van der Waals surface area contributed by atoms with E-state index in [1.165, 1.54) is 0 Å². The van der Waals surface area contributed by atoms with Gasteiger partial charge in [0.25, 0.3) is 0 Å². The van der Waals surface area contributed by atoms with Crippen LogP contribution in [0.1, 0.15) is 18.1 Å². The molecule has 6 heteroatoms. The number of fused-ring (bicyclic) bond motifs is 1. The van der Waals surface area contributed by atoms with Crippen molar-refractivity contribution in [1.29, 1.82) is 0 Å². The number of esters is 1. The van der Waals surface area contributed by atoms with Crippen molar-refractivity contribution in [3.8, 4) is 17.2 Å². The molecule has 25 heavy (non-hydrogen) atoms. The van der Waals surface area contributed by atoms with E-state index in [0.717, 1.165) is 5.56 Å². The fourth-order valence-corrected chi connectivity index (χ4v) is 2.60. The molecule has 0 aliphatic carbocycles. The Kier molecular flexibility index (Phi) is 3.85. The van der Waals surface area contributed by atoms with Gasteiger partial charge in [-0.3, -0.25) is 0 Å². The first kappa shape index (κ1) is 15.3. The molecule has 6 nitrogen and oxygen atoms in total. The molecule has 0 aromatic heterocycles. The van der Waals surface area contributed by atoms with E-state index in [0.29, 0.717) is 29.4 Å². The maximum Gasteiger partial charge on any atom is 0.363 e. The standard InChI is InChI=1S/C19H15NO5/c1-2-22-15-6-4-3-5-12(15)9-14-19(21)25-18(20-14)13-7-8-16-17(10-13)24-11-23-16/h3-10H,2,11H2,1H3/b14-9-. The number of cyclic esters (lactones) is 1. The summed E-state index contributed by atoms with van der Waals surface area (Å²) in [7, 11) is 0. The van der Waals surface area contributed by atoms with Crippen molar-refractivity contribution in [2.75, 3.05) is 13.4 Å². The largest absolute Gasteiger partial charge is 0.493 e. The van der Waals surface area contributed by atoms with E-state index in [-0.39, 0.29) is 18.4 Å². The van der Waals surface area contributed by atoms with Gasteiger partial charge in [-0.1, -0.05) is 18.2 Å². The lowest BCUT2D eigenvalue weighted by Gasteiger charge is -2.06. The van der Waals surface area contributed by atoms with Crippen LogP contribution in [0.2, 0.25) is 0 Å². The Hall–Kier alpha value is -3.28. The number of ether oxygens (including phenoxy) is 4. The predicted octanol–water partition coefficient (Wildman–Crippen LogP) is 3.16. The van der Waals surface area contributed by atoms with Gasteiger partial charge in [0, 0.05) is 11.1 Å². The molecule has 2 aromatic rings. The Morgan fingerprint density at radius 2 is 2.00 bits per heavy atom. The third-order valence-electron chi connectivity index (χ3n) is 3.75. The van der Waals surface area contributed by atoms with Gasteiger partial charge in [0.1, 0.15) is 5.75 Å². The third kappa shape index (κ3) is 2.94. The van der Waals surface area contributed by atoms with Crippen LogP contribution >= 0.6 is 0 Å². The molecule has 0 radical (unpaired) electrons. The zero-order valence-corrected chi connectivity index (χ0v) is 13.5. The molecule has 0 bridgehead atoms. The van der Waals surface area contributed by atoms with E-state index in [9.17, 15) is 4.79 Å². The number of rotatable bonds is 4. The first-order chi connectivity index (χ1) is 12.2. The van der Waals surface area contributed by atoms with Gasteiger partial charge in [-0.15, -0.1) is 0 Å². The van der Waals surface area contributed by atoms with E-state index in [4.69, 9.17) is 18.9 Å². The summed E-state index contributed by atoms with van der Waals surface area (Å²) < 4.78 is 21.5. The summed E-state index contributed by atoms with van der Waals surface area (Å²) in [5.74, 6) is 1.70. The number of carbonyl (C=O) groups is 1. The van der Waals surface area contributed by atoms with Crippen LogP contribution < -0.4 is 14.2 Å². The van der Waals surface area contributed by atoms with Gasteiger partial charge in [-0.25, -0.2) is 9.79 Å². The first-order valence-electron chi connectivity index (χ1n) is 7.89. The summed E-state index contributed by atoms with van der Waals surface area (Å²) in [4.78, 5) is 16.5. The van der Waals surface area contributed by atoms with Gasteiger partial charge in [0.2, 0.25) is 12.7 Å². The van der Waals surface area contributed by atoms with Crippen molar-refractivity contribution < 1.29 is 23.7 Å². The molecule has 2 aliphatic rings. The van der Waals surface area contributed by atoms with E-state index >= 15 is 0 Å². The third-order valence-corrected chi connectivity index (χ3v) is 3.75. The van der Waals surface area contributed by atoms with Gasteiger partial charge >= 0.3 is 5.97 Å². The van der Waals surface area contributed by atoms with Gasteiger partial charge in [-0.2, -0.15) is 0 Å². The average molecular weight is 337 g/mol. The van der Waals surface area contributed by atoms with E-state index < -0.39 is 5.97 Å². The lowest BCUT2D eigenvalue weighted by atomic mass is 10.1. The van der Waals surface area contributed by atoms with Crippen molar-refractivity contribution in [2.45, 2.75) is 6.92 Å². The van der Waals surface area contributed by atoms with Crippen LogP contribution in [0.15, 0.2) is 53.2 Å². The highest BCUT2D eigenvalue weighted by Gasteiger charge is 2.26. The molecule has 0 atom stereocenters. The van der Waals surface area contributed by atoms with E-state index in [1.807, 2.05) is 31.2 Å². The summed E-state index contributed by atoms with van der Waals surface area (Å²) in [6.45, 7) is 2.63. The smallest absolute Gasteiger partial charge is 0.363 e. The molecule has 2 aromatic carbocycles. The van der Waals surface area contributed by atoms with E-state index in [2.05, 4.69) is 4.99 Å². The highest BCUT2D eigenvalue weighted by Crippen LogP contribution is 2.33. The minimum atomic E-state index is -0.501. The summed E-state index contributed by atoms with van der Waals surface area (Å²) in [5, 5.41) is 0. The average Bonchev–Trinajstić information content (AvgIpc) is 3.23. The molecule has 4 rings (SSSR count). The van der Waals surface area contributed by atoms with Crippen LogP contribution in [0, 0.1) is 0 Å². The monoisotopic (exact) mass is 337 g/mol. The number of hydrogen-bond donors (Lipinski definition) is 0. The zero-order chi connectivity index (χ0) is 17.2. The SMILES string of the molecule is CCOc1ccccc1/C=C1\N=C(c2ccc3c(c2)OCO3)OC1=O. The molecule has 0 saturated carbocycles. The maximum atomic E-state index is 12.2. The molecule has 0 saturated heterocycles. The zero-order valence-electron chi connectivity index (χ0n) is 13.5. The normalized spacial score (nSPS) is 16.8. The summed E-state index contributed by atoms with van der Waals surface area (Å²) in [5.41, 5.74) is 1.64. The van der Waals surface area contributed by atoms with Crippen LogP contribution in [0.25, 0.3) is 6.08 Å². The van der Waals surface area contributed by atoms with Crippen molar-refractivity contribution in [2.24, 2.45) is 4.99 Å². The van der Waals surface area contributed by atoms with Crippen LogP contribution in [0.4, 0.5) is 0 Å². The quantitative estimate of drug-likeness (QED) is 0.633. The molecular formula is C19H15NO5. The number of aliphatic imine (C=N–C) groups is 1. The van der Waals surface area contributed by atoms with Gasteiger partial charge in [-0.05, 0) is 37.3 Å². The molecule has 0 spiro atoms. The molecule has 0 unspecified atom stereocenters. The molecular weight excluding hydrogens is 322 g/mol. The van der Waals surface area contributed by atoms with Crippen LogP contribution in [0.5, 0.6) is 17.2 Å². The van der Waals surface area contributed by atoms with E-state index in [1.54, 1.807) is 24.3 Å². The molecule has 2 aliphatic heterocycles. The molecule has 0 N–H and O–H groups in total. The second-order valence-corrected chi connectivity index (χ2v) is 5.37. The minimum absolute atomic E-state index is 0.185. The van der Waals surface area contributed by atoms with Crippen molar-refractivity contribution in [3.05, 3.63) is 59.3 Å². The number of nitrogens with zero attached hydrogens (tertiary/aromatic N) is 1. The maximum absolute atomic E-state index is 12.2. The summed E-state index contributed by atoms with van der Waals surface area (Å²) >= 11 is 0. The highest BCUT2D eigenvalue weighted by atomic mass is 16.7. The summed E-state index contributed by atoms with van der Waals surface area (Å²) in [6, 6.07) is 12.7. The molecule has 0 fully saturated rings. The van der Waals surface area contributed by atoms with Crippen molar-refractivity contribution in [1.82, 2.24) is 0 Å². The Morgan fingerprint density at radius 1 is 1.16 bits per heavy atom. The van der Waals surface area contributed by atoms with Crippen molar-refractivity contribution in [3.63, 3.8) is 0 Å². The highest BCUT2D eigenvalue weighted by molar-refractivity contribution is 6.13. The number of hydrogen-bond acceptors (Lipinski definition) is 6. The fourth-order valence-electron chi connectivity index (χ4n) is 2.60. The number of benzene rings is 2. The topological polar surface area (TPSA) is 66.3 Å². The Balaban J connectivity index is 1.67. The van der Waals surface area contributed by atoms with Crippen LogP contribution in [0.3, 0.4) is 0 Å². The van der Waals surface area contributed by atoms with Crippen LogP contribution in [-0.2, 0) is 9.53 Å². The first-order valence-corrected chi connectivity index (χ1v) is 7.89. The fraction of sp³-hybridized carbons (Fsp3) is 0.158. The van der Waals surface area contributed by atoms with Gasteiger partial charge in [0.15, 0.2) is 17.2 Å². The molecule has 2 heterocycles. The van der Waals surface area contributed by atoms with Crippen molar-refractivity contribution >= 4 is 17.9 Å². The number of para-hydroxylation sites is 1. The Morgan fingerprint density at radius 3 is 2.88 bits per heavy atom. The van der Waals surface area contributed by atoms with Gasteiger partial charge in [0.05, 0.1) is 6.61 Å². The Labute approximate surface area is 144 Å². The number of carbonyl (C=O) groups excluding carboxylic acids is 1. The lowest BCUT2D eigenvalue weighted by Crippen LogP contribution is -2.05. The second-order valence-electron chi connectivity index (χ2n) is 5.37. The second kappa shape index (κ2) is 6.32. The Bertz CT molecular complexity index is 900. The predicted molar refractivity (Wildman–Crippen MR) is 90.8 cm³/mol. The minimum Gasteiger partial charge on any atom is -0.493 e. The van der Waals surface area contributed by atoms with Crippen LogP contribution in [-0.4, -0.2) is 25.3 Å².